The highest BCUT2D eigenvalue weighted by atomic mass is 16.5. The lowest BCUT2D eigenvalue weighted by Crippen LogP contribution is -2.33. The van der Waals surface area contributed by atoms with Crippen molar-refractivity contribution in [1.82, 2.24) is 19.2 Å². The Balaban J connectivity index is 1.86. The summed E-state index contributed by atoms with van der Waals surface area (Å²) in [7, 11) is 3.08. The topological polar surface area (TPSA) is 96.6 Å². The van der Waals surface area contributed by atoms with E-state index >= 15 is 0 Å². The van der Waals surface area contributed by atoms with Crippen LogP contribution in [0.1, 0.15) is 43.3 Å². The van der Waals surface area contributed by atoms with Gasteiger partial charge in [-0.05, 0) is 62.8 Å². The molecule has 0 aliphatic carbocycles. The fourth-order valence-electron chi connectivity index (χ4n) is 5.01. The van der Waals surface area contributed by atoms with E-state index in [1.54, 1.807) is 47.7 Å². The fourth-order valence-corrected chi connectivity index (χ4v) is 5.01. The van der Waals surface area contributed by atoms with Crippen LogP contribution in [0.15, 0.2) is 48.2 Å². The van der Waals surface area contributed by atoms with Crippen LogP contribution in [0.2, 0.25) is 0 Å². The number of pyridine rings is 1. The summed E-state index contributed by atoms with van der Waals surface area (Å²) in [4.78, 5) is 35.2. The first-order chi connectivity index (χ1) is 17.9. The average Bonchev–Trinajstić information content (AvgIpc) is 3.38. The van der Waals surface area contributed by atoms with Gasteiger partial charge in [0.05, 0.1) is 31.5 Å². The van der Waals surface area contributed by atoms with Crippen molar-refractivity contribution in [3.8, 4) is 11.5 Å². The summed E-state index contributed by atoms with van der Waals surface area (Å²) in [5.41, 5.74) is 2.27. The Hall–Kier alpha value is -3.85. The van der Waals surface area contributed by atoms with Crippen molar-refractivity contribution in [2.75, 3.05) is 40.4 Å². The van der Waals surface area contributed by atoms with Gasteiger partial charge in [0.2, 0.25) is 0 Å². The number of hydrogen-bond acceptors (Lipinski definition) is 7. The van der Waals surface area contributed by atoms with Crippen LogP contribution in [0.3, 0.4) is 0 Å². The molecule has 1 aliphatic rings. The quantitative estimate of drug-likeness (QED) is 0.254. The van der Waals surface area contributed by atoms with Crippen LogP contribution in [-0.2, 0) is 9.59 Å². The zero-order valence-electron chi connectivity index (χ0n) is 22.0. The summed E-state index contributed by atoms with van der Waals surface area (Å²) >= 11 is 0. The van der Waals surface area contributed by atoms with Gasteiger partial charge in [0.1, 0.15) is 11.3 Å². The molecule has 4 rings (SSSR count). The number of nitrogens with zero attached hydrogens (tertiary/aromatic N) is 4. The standard InChI is InChI=1S/C28H34N4O5/c1-6-30(7-2)14-10-16-32-25(19-12-13-20(36-4)21(17-19)37-5)23(27(34)28(32)35)26(33)24-18(3)29-22-11-8-9-15-31(22)24/h8-9,11-13,15,17,25,33H,6-7,10,14,16H2,1-5H3/b26-23+/t25-/m1/s1. The SMILES string of the molecule is CCN(CC)CCCN1C(=O)C(=O)/C(=C(/O)c2c(C)nc3ccccn23)[C@H]1c1ccc(OC)c(OC)c1. The van der Waals surface area contributed by atoms with Crippen LogP contribution in [-0.4, -0.2) is 76.4 Å². The van der Waals surface area contributed by atoms with Crippen LogP contribution < -0.4 is 9.47 Å². The van der Waals surface area contributed by atoms with Crippen LogP contribution in [0.5, 0.6) is 11.5 Å². The Labute approximate surface area is 216 Å². The molecule has 2 aromatic heterocycles. The Kier molecular flexibility index (Phi) is 7.83. The molecular formula is C28H34N4O5. The third-order valence-corrected chi connectivity index (χ3v) is 6.96. The van der Waals surface area contributed by atoms with E-state index in [-0.39, 0.29) is 11.3 Å². The zero-order valence-corrected chi connectivity index (χ0v) is 22.0. The van der Waals surface area contributed by atoms with Crippen molar-refractivity contribution in [3.05, 3.63) is 65.1 Å². The number of ketones is 1. The number of benzene rings is 1. The number of aliphatic hydroxyl groups excluding tert-OH is 1. The molecule has 1 aliphatic heterocycles. The first-order valence-electron chi connectivity index (χ1n) is 12.5. The van der Waals surface area contributed by atoms with Gasteiger partial charge in [0.25, 0.3) is 11.7 Å². The summed E-state index contributed by atoms with van der Waals surface area (Å²) in [6, 6.07) is 9.99. The second-order valence-electron chi connectivity index (χ2n) is 8.96. The first kappa shape index (κ1) is 26.2. The molecule has 0 bridgehead atoms. The number of likely N-dealkylation sites (tertiary alicyclic amines) is 1. The normalized spacial score (nSPS) is 17.2. The Morgan fingerprint density at radius 1 is 1.08 bits per heavy atom. The molecule has 0 unspecified atom stereocenters. The summed E-state index contributed by atoms with van der Waals surface area (Å²) in [6.07, 6.45) is 2.46. The maximum absolute atomic E-state index is 13.5. The summed E-state index contributed by atoms with van der Waals surface area (Å²) in [5, 5.41) is 11.6. The maximum atomic E-state index is 13.5. The summed E-state index contributed by atoms with van der Waals surface area (Å²) in [5.74, 6) is -0.597. The molecule has 37 heavy (non-hydrogen) atoms. The van der Waals surface area contributed by atoms with Gasteiger partial charge >= 0.3 is 0 Å². The van der Waals surface area contributed by atoms with Crippen molar-refractivity contribution in [2.45, 2.75) is 33.2 Å². The van der Waals surface area contributed by atoms with Crippen molar-refractivity contribution < 1.29 is 24.2 Å². The molecule has 1 aromatic carbocycles. The van der Waals surface area contributed by atoms with Gasteiger partial charge < -0.3 is 24.4 Å². The number of imidazole rings is 1. The number of carbonyl (C=O) groups excluding carboxylic acids is 2. The van der Waals surface area contributed by atoms with Gasteiger partial charge in [-0.3, -0.25) is 14.0 Å². The maximum Gasteiger partial charge on any atom is 0.295 e. The number of hydrogen-bond donors (Lipinski definition) is 1. The van der Waals surface area contributed by atoms with E-state index in [0.29, 0.717) is 47.1 Å². The molecule has 9 nitrogen and oxygen atoms in total. The van der Waals surface area contributed by atoms with Crippen LogP contribution in [0.4, 0.5) is 0 Å². The molecule has 1 N–H and O–H groups in total. The highest BCUT2D eigenvalue weighted by Crippen LogP contribution is 2.42. The number of Topliss-reactive ketones (excluding diaryl/α,β-unsaturated/α-hetero) is 1. The number of ether oxygens (including phenoxy) is 2. The monoisotopic (exact) mass is 506 g/mol. The van der Waals surface area contributed by atoms with Crippen molar-refractivity contribution in [3.63, 3.8) is 0 Å². The molecule has 3 aromatic rings. The molecule has 9 heteroatoms. The van der Waals surface area contributed by atoms with E-state index in [2.05, 4.69) is 23.7 Å². The number of carbonyl (C=O) groups is 2. The van der Waals surface area contributed by atoms with Gasteiger partial charge in [-0.15, -0.1) is 0 Å². The van der Waals surface area contributed by atoms with Gasteiger partial charge in [0.15, 0.2) is 17.3 Å². The lowest BCUT2D eigenvalue weighted by Gasteiger charge is -2.27. The zero-order chi connectivity index (χ0) is 26.7. The second kappa shape index (κ2) is 11.0. The Bertz CT molecular complexity index is 1340. The third kappa shape index (κ3) is 4.79. The number of amides is 1. The van der Waals surface area contributed by atoms with E-state index in [1.807, 2.05) is 18.2 Å². The van der Waals surface area contributed by atoms with Gasteiger partial charge in [-0.25, -0.2) is 4.98 Å². The molecule has 196 valence electrons. The summed E-state index contributed by atoms with van der Waals surface area (Å²) < 4.78 is 12.6. The highest BCUT2D eigenvalue weighted by molar-refractivity contribution is 6.46. The molecule has 0 saturated carbocycles. The molecule has 3 heterocycles. The highest BCUT2D eigenvalue weighted by Gasteiger charge is 2.46. The van der Waals surface area contributed by atoms with Crippen LogP contribution in [0.25, 0.3) is 11.4 Å². The van der Waals surface area contributed by atoms with Crippen molar-refractivity contribution >= 4 is 23.1 Å². The number of aryl methyl sites for hydroxylation is 1. The van der Waals surface area contributed by atoms with Crippen molar-refractivity contribution in [2.24, 2.45) is 0 Å². The molecule has 1 saturated heterocycles. The minimum absolute atomic E-state index is 0.0359. The lowest BCUT2D eigenvalue weighted by atomic mass is 9.95. The minimum atomic E-state index is -0.787. The predicted octanol–water partition coefficient (Wildman–Crippen LogP) is 3.81. The number of rotatable bonds is 10. The first-order valence-corrected chi connectivity index (χ1v) is 12.5. The lowest BCUT2D eigenvalue weighted by molar-refractivity contribution is -0.140. The van der Waals surface area contributed by atoms with E-state index in [0.717, 1.165) is 19.6 Å². The average molecular weight is 507 g/mol. The molecular weight excluding hydrogens is 472 g/mol. The second-order valence-corrected chi connectivity index (χ2v) is 8.96. The molecule has 0 spiro atoms. The van der Waals surface area contributed by atoms with E-state index in [1.165, 1.54) is 7.11 Å². The fraction of sp³-hybridized carbons (Fsp3) is 0.393. The Morgan fingerprint density at radius 2 is 1.81 bits per heavy atom. The third-order valence-electron chi connectivity index (χ3n) is 6.96. The van der Waals surface area contributed by atoms with Crippen LogP contribution >= 0.6 is 0 Å². The molecule has 0 radical (unpaired) electrons. The predicted molar refractivity (Wildman–Crippen MR) is 141 cm³/mol. The van der Waals surface area contributed by atoms with E-state index < -0.39 is 17.7 Å². The smallest absolute Gasteiger partial charge is 0.295 e. The number of methoxy groups -OCH3 is 2. The van der Waals surface area contributed by atoms with E-state index in [9.17, 15) is 14.7 Å². The molecule has 1 fully saturated rings. The van der Waals surface area contributed by atoms with Gasteiger partial charge in [0, 0.05) is 12.7 Å². The minimum Gasteiger partial charge on any atom is -0.505 e. The van der Waals surface area contributed by atoms with Gasteiger partial charge in [-0.1, -0.05) is 26.0 Å². The largest absolute Gasteiger partial charge is 0.505 e. The number of aliphatic hydroxyl groups is 1. The van der Waals surface area contributed by atoms with Crippen molar-refractivity contribution in [1.29, 1.82) is 0 Å². The number of fused-ring (bicyclic) bond motifs is 1. The molecule has 1 amide bonds. The van der Waals surface area contributed by atoms with Crippen LogP contribution in [0, 0.1) is 6.92 Å². The Morgan fingerprint density at radius 3 is 2.49 bits per heavy atom. The summed E-state index contributed by atoms with van der Waals surface area (Å²) in [6.45, 7) is 8.93. The number of aromatic nitrogens is 2. The van der Waals surface area contributed by atoms with E-state index in [4.69, 9.17) is 9.47 Å². The molecule has 1 atom stereocenters. The van der Waals surface area contributed by atoms with Gasteiger partial charge in [-0.2, -0.15) is 0 Å².